The molecule has 3 nitrogen and oxygen atoms in total. The van der Waals surface area contributed by atoms with Gasteiger partial charge in [-0.15, -0.1) is 13.2 Å². The maximum atomic E-state index is 12.0. The molecule has 0 heterocycles. The standard InChI is InChI=1S/C10H10F5NO2/c11-9(12)17-5-8(16)6-2-1-3-7(4-6)18-10(13,14)15/h1-4,8-9H,5,16H2/t8-/m0/s1. The van der Waals surface area contributed by atoms with Gasteiger partial charge < -0.3 is 15.2 Å². The lowest BCUT2D eigenvalue weighted by molar-refractivity contribution is -0.274. The van der Waals surface area contributed by atoms with E-state index in [0.29, 0.717) is 0 Å². The summed E-state index contributed by atoms with van der Waals surface area (Å²) in [6.45, 7) is -3.49. The third kappa shape index (κ3) is 5.28. The van der Waals surface area contributed by atoms with Crippen LogP contribution in [0.25, 0.3) is 0 Å². The van der Waals surface area contributed by atoms with Gasteiger partial charge in [0.05, 0.1) is 12.6 Å². The maximum absolute atomic E-state index is 12.0. The highest BCUT2D eigenvalue weighted by Crippen LogP contribution is 2.25. The van der Waals surface area contributed by atoms with Gasteiger partial charge in [0.2, 0.25) is 0 Å². The van der Waals surface area contributed by atoms with Gasteiger partial charge in [-0.05, 0) is 17.7 Å². The zero-order valence-corrected chi connectivity index (χ0v) is 8.95. The summed E-state index contributed by atoms with van der Waals surface area (Å²) in [5.41, 5.74) is 5.69. The zero-order valence-electron chi connectivity index (χ0n) is 8.95. The summed E-state index contributed by atoms with van der Waals surface area (Å²) in [5.74, 6) is -0.465. The predicted molar refractivity (Wildman–Crippen MR) is 52.0 cm³/mol. The van der Waals surface area contributed by atoms with Gasteiger partial charge in [-0.2, -0.15) is 8.78 Å². The van der Waals surface area contributed by atoms with E-state index in [1.54, 1.807) is 0 Å². The highest BCUT2D eigenvalue weighted by atomic mass is 19.4. The monoisotopic (exact) mass is 271 g/mol. The Hall–Kier alpha value is -1.41. The van der Waals surface area contributed by atoms with Gasteiger partial charge >= 0.3 is 13.0 Å². The minimum absolute atomic E-state index is 0.206. The molecule has 1 aromatic carbocycles. The number of halogens is 5. The van der Waals surface area contributed by atoms with Crippen LogP contribution in [0.15, 0.2) is 24.3 Å². The van der Waals surface area contributed by atoms with E-state index in [1.165, 1.54) is 12.1 Å². The summed E-state index contributed by atoms with van der Waals surface area (Å²) in [5, 5.41) is 0. The Balaban J connectivity index is 2.69. The molecular weight excluding hydrogens is 261 g/mol. The maximum Gasteiger partial charge on any atom is 0.573 e. The SMILES string of the molecule is N[C@@H](COC(F)F)c1cccc(OC(F)(F)F)c1. The molecule has 0 fully saturated rings. The van der Waals surface area contributed by atoms with Crippen LogP contribution < -0.4 is 10.5 Å². The lowest BCUT2D eigenvalue weighted by atomic mass is 10.1. The molecule has 102 valence electrons. The van der Waals surface area contributed by atoms with E-state index in [9.17, 15) is 22.0 Å². The Bertz CT molecular complexity index is 383. The molecule has 2 N–H and O–H groups in total. The molecule has 18 heavy (non-hydrogen) atoms. The average Bonchev–Trinajstić information content (AvgIpc) is 2.23. The van der Waals surface area contributed by atoms with E-state index in [0.717, 1.165) is 12.1 Å². The van der Waals surface area contributed by atoms with Gasteiger partial charge in [-0.3, -0.25) is 0 Å². The number of rotatable bonds is 5. The van der Waals surface area contributed by atoms with Crippen molar-refractivity contribution in [3.8, 4) is 5.75 Å². The first-order valence-electron chi connectivity index (χ1n) is 4.79. The van der Waals surface area contributed by atoms with Crippen LogP contribution in [0.3, 0.4) is 0 Å². The molecule has 1 atom stereocenters. The van der Waals surface area contributed by atoms with E-state index >= 15 is 0 Å². The van der Waals surface area contributed by atoms with Crippen molar-refractivity contribution in [1.82, 2.24) is 0 Å². The zero-order chi connectivity index (χ0) is 13.8. The first kappa shape index (κ1) is 14.7. The van der Waals surface area contributed by atoms with Gasteiger partial charge in [0.1, 0.15) is 5.75 Å². The number of benzene rings is 1. The third-order valence-electron chi connectivity index (χ3n) is 1.92. The van der Waals surface area contributed by atoms with Crippen molar-refractivity contribution in [2.75, 3.05) is 6.61 Å². The molecule has 0 unspecified atom stereocenters. The van der Waals surface area contributed by atoms with Crippen molar-refractivity contribution in [3.05, 3.63) is 29.8 Å². The molecule has 0 aliphatic carbocycles. The smallest absolute Gasteiger partial charge is 0.406 e. The highest BCUT2D eigenvalue weighted by molar-refractivity contribution is 5.30. The van der Waals surface area contributed by atoms with Gasteiger partial charge in [-0.1, -0.05) is 12.1 Å². The van der Waals surface area contributed by atoms with Crippen molar-refractivity contribution in [3.63, 3.8) is 0 Å². The summed E-state index contributed by atoms with van der Waals surface area (Å²) in [6, 6.07) is 3.81. The molecule has 0 amide bonds. The number of nitrogens with two attached hydrogens (primary N) is 1. The van der Waals surface area contributed by atoms with Gasteiger partial charge in [0.15, 0.2) is 0 Å². The number of hydrogen-bond donors (Lipinski definition) is 1. The Labute approximate surface area is 99.3 Å². The third-order valence-corrected chi connectivity index (χ3v) is 1.92. The summed E-state index contributed by atoms with van der Waals surface area (Å²) in [4.78, 5) is 0. The predicted octanol–water partition coefficient (Wildman–Crippen LogP) is 2.82. The lowest BCUT2D eigenvalue weighted by Crippen LogP contribution is -2.20. The quantitative estimate of drug-likeness (QED) is 0.837. The normalized spacial score (nSPS) is 13.7. The van der Waals surface area contributed by atoms with E-state index in [2.05, 4.69) is 9.47 Å². The van der Waals surface area contributed by atoms with Crippen molar-refractivity contribution < 1.29 is 31.4 Å². The summed E-state index contributed by atoms with van der Waals surface area (Å²) in [7, 11) is 0. The Morgan fingerprint density at radius 1 is 1.22 bits per heavy atom. The molecule has 0 spiro atoms. The summed E-state index contributed by atoms with van der Waals surface area (Å²) < 4.78 is 67.0. The summed E-state index contributed by atoms with van der Waals surface area (Å²) >= 11 is 0. The molecule has 8 heteroatoms. The second-order valence-electron chi connectivity index (χ2n) is 3.32. The average molecular weight is 271 g/mol. The van der Waals surface area contributed by atoms with Crippen LogP contribution in [0.1, 0.15) is 11.6 Å². The van der Waals surface area contributed by atoms with Crippen LogP contribution in [0, 0.1) is 0 Å². The molecule has 0 saturated heterocycles. The number of ether oxygens (including phenoxy) is 2. The number of alkyl halides is 5. The number of hydrogen-bond acceptors (Lipinski definition) is 3. The largest absolute Gasteiger partial charge is 0.573 e. The van der Waals surface area contributed by atoms with Crippen molar-refractivity contribution >= 4 is 0 Å². The van der Waals surface area contributed by atoms with Crippen LogP contribution in [0.5, 0.6) is 5.75 Å². The van der Waals surface area contributed by atoms with E-state index in [-0.39, 0.29) is 5.56 Å². The minimum atomic E-state index is -4.82. The van der Waals surface area contributed by atoms with Gasteiger partial charge in [0, 0.05) is 0 Å². The van der Waals surface area contributed by atoms with E-state index in [4.69, 9.17) is 5.73 Å². The van der Waals surface area contributed by atoms with Crippen LogP contribution in [-0.2, 0) is 4.74 Å². The Morgan fingerprint density at radius 3 is 2.44 bits per heavy atom. The van der Waals surface area contributed by atoms with E-state index in [1.807, 2.05) is 0 Å². The fourth-order valence-electron chi connectivity index (χ4n) is 1.21. The lowest BCUT2D eigenvalue weighted by Gasteiger charge is -2.14. The Kier molecular flexibility index (Phi) is 4.85. The first-order chi connectivity index (χ1) is 8.28. The van der Waals surface area contributed by atoms with E-state index < -0.39 is 31.4 Å². The highest BCUT2D eigenvalue weighted by Gasteiger charge is 2.31. The van der Waals surface area contributed by atoms with Gasteiger partial charge in [-0.25, -0.2) is 0 Å². The molecule has 0 aromatic heterocycles. The second kappa shape index (κ2) is 5.96. The van der Waals surface area contributed by atoms with Crippen LogP contribution in [0.4, 0.5) is 22.0 Å². The first-order valence-corrected chi connectivity index (χ1v) is 4.79. The minimum Gasteiger partial charge on any atom is -0.406 e. The van der Waals surface area contributed by atoms with Crippen LogP contribution >= 0.6 is 0 Å². The molecule has 0 aliphatic rings. The molecule has 0 bridgehead atoms. The second-order valence-corrected chi connectivity index (χ2v) is 3.32. The fraction of sp³-hybridized carbons (Fsp3) is 0.400. The van der Waals surface area contributed by atoms with Gasteiger partial charge in [0.25, 0.3) is 0 Å². The summed E-state index contributed by atoms with van der Waals surface area (Å²) in [6.07, 6.45) is -4.82. The molecule has 1 rings (SSSR count). The molecule has 0 saturated carbocycles. The molecular formula is C10H10F5NO2. The van der Waals surface area contributed by atoms with Crippen molar-refractivity contribution in [2.45, 2.75) is 19.0 Å². The van der Waals surface area contributed by atoms with Crippen LogP contribution in [0.2, 0.25) is 0 Å². The topological polar surface area (TPSA) is 44.5 Å². The molecule has 0 aliphatic heterocycles. The fourth-order valence-corrected chi connectivity index (χ4v) is 1.21. The van der Waals surface area contributed by atoms with Crippen molar-refractivity contribution in [2.24, 2.45) is 5.73 Å². The molecule has 1 aromatic rings. The van der Waals surface area contributed by atoms with Crippen LogP contribution in [-0.4, -0.2) is 19.6 Å². The molecule has 0 radical (unpaired) electrons. The Morgan fingerprint density at radius 2 is 1.89 bits per heavy atom. The van der Waals surface area contributed by atoms with Crippen molar-refractivity contribution in [1.29, 1.82) is 0 Å².